The van der Waals surface area contributed by atoms with Crippen molar-refractivity contribution in [3.63, 3.8) is 0 Å². The topological polar surface area (TPSA) is 78.9 Å². The third kappa shape index (κ3) is 39.2. The summed E-state index contributed by atoms with van der Waals surface area (Å²) >= 11 is 0. The minimum Gasteiger partial charge on any atom is -0.462 e. The van der Waals surface area contributed by atoms with E-state index in [-0.39, 0.29) is 31.1 Å². The van der Waals surface area contributed by atoms with Crippen LogP contribution in [0, 0.1) is 0 Å². The molecule has 0 saturated carbocycles. The first-order valence-corrected chi connectivity index (χ1v) is 22.2. The quantitative estimate of drug-likeness (QED) is 0.0271. The van der Waals surface area contributed by atoms with Gasteiger partial charge in [0.15, 0.2) is 6.10 Å². The zero-order valence-corrected chi connectivity index (χ0v) is 34.1. The molecule has 0 bridgehead atoms. The lowest BCUT2D eigenvalue weighted by molar-refractivity contribution is -0.167. The first-order valence-electron chi connectivity index (χ1n) is 22.2. The fourth-order valence-corrected chi connectivity index (χ4v) is 6.36. The molecule has 6 heteroatoms. The number of esters is 3. The Bertz CT molecular complexity index is 794. The maximum atomic E-state index is 12.7. The largest absolute Gasteiger partial charge is 0.462 e. The van der Waals surface area contributed by atoms with Crippen LogP contribution in [0.5, 0.6) is 0 Å². The molecule has 6 nitrogen and oxygen atoms in total. The minimum atomic E-state index is -0.764. The van der Waals surface area contributed by atoms with Gasteiger partial charge in [-0.1, -0.05) is 193 Å². The number of rotatable bonds is 40. The van der Waals surface area contributed by atoms with Crippen LogP contribution in [0.25, 0.3) is 0 Å². The molecule has 0 radical (unpaired) electrons. The lowest BCUT2D eigenvalue weighted by Gasteiger charge is -2.18. The molecule has 0 spiro atoms. The van der Waals surface area contributed by atoms with Crippen molar-refractivity contribution in [2.24, 2.45) is 0 Å². The van der Waals surface area contributed by atoms with E-state index in [0.717, 1.165) is 77.0 Å². The molecule has 0 fully saturated rings. The van der Waals surface area contributed by atoms with Crippen LogP contribution < -0.4 is 0 Å². The first-order chi connectivity index (χ1) is 25.0. The first kappa shape index (κ1) is 49.1. The molecule has 0 N–H and O–H groups in total. The van der Waals surface area contributed by atoms with Crippen molar-refractivity contribution < 1.29 is 28.6 Å². The molecule has 300 valence electrons. The molecular weight excluding hydrogens is 636 g/mol. The monoisotopic (exact) mass is 721 g/mol. The molecule has 1 unspecified atom stereocenters. The Morgan fingerprint density at radius 1 is 0.373 bits per heavy atom. The van der Waals surface area contributed by atoms with E-state index >= 15 is 0 Å². The van der Waals surface area contributed by atoms with Crippen LogP contribution in [-0.2, 0) is 28.6 Å². The van der Waals surface area contributed by atoms with Gasteiger partial charge in [0.1, 0.15) is 13.2 Å². The summed E-state index contributed by atoms with van der Waals surface area (Å²) in [5.41, 5.74) is 0. The summed E-state index contributed by atoms with van der Waals surface area (Å²) in [6.07, 6.45) is 41.9. The Balaban J connectivity index is 4.35. The van der Waals surface area contributed by atoms with E-state index in [2.05, 4.69) is 32.9 Å². The molecule has 0 aromatic heterocycles. The Morgan fingerprint density at radius 2 is 0.667 bits per heavy atom. The van der Waals surface area contributed by atoms with Gasteiger partial charge in [0.05, 0.1) is 0 Å². The van der Waals surface area contributed by atoms with Crippen molar-refractivity contribution >= 4 is 17.9 Å². The molecule has 0 saturated heterocycles. The number of unbranched alkanes of at least 4 members (excludes halogenated alkanes) is 27. The Labute approximate surface area is 316 Å². The van der Waals surface area contributed by atoms with Gasteiger partial charge in [0.2, 0.25) is 0 Å². The second-order valence-corrected chi connectivity index (χ2v) is 15.0. The summed E-state index contributed by atoms with van der Waals surface area (Å²) in [5, 5.41) is 0. The van der Waals surface area contributed by atoms with Gasteiger partial charge in [-0.05, 0) is 38.5 Å². The third-order valence-corrected chi connectivity index (χ3v) is 9.77. The van der Waals surface area contributed by atoms with E-state index in [9.17, 15) is 14.4 Å². The van der Waals surface area contributed by atoms with Gasteiger partial charge >= 0.3 is 17.9 Å². The van der Waals surface area contributed by atoms with Crippen molar-refractivity contribution in [2.75, 3.05) is 13.2 Å². The van der Waals surface area contributed by atoms with Crippen LogP contribution in [0.2, 0.25) is 0 Å². The van der Waals surface area contributed by atoms with Gasteiger partial charge in [0.25, 0.3) is 0 Å². The Kier molecular flexibility index (Phi) is 39.4. The number of ether oxygens (including phenoxy) is 3. The normalized spacial score (nSPS) is 12.0. The molecule has 0 aromatic rings. The van der Waals surface area contributed by atoms with Gasteiger partial charge in [-0.15, -0.1) is 0 Å². The minimum absolute atomic E-state index is 0.0693. The number of carbonyl (C=O) groups excluding carboxylic acids is 3. The van der Waals surface area contributed by atoms with Gasteiger partial charge < -0.3 is 14.2 Å². The second kappa shape index (κ2) is 40.9. The summed E-state index contributed by atoms with van der Waals surface area (Å²) in [6.45, 7) is 6.58. The molecule has 0 aliphatic heterocycles. The van der Waals surface area contributed by atoms with E-state index in [1.54, 1.807) is 0 Å². The second-order valence-electron chi connectivity index (χ2n) is 15.0. The van der Waals surface area contributed by atoms with Crippen LogP contribution in [0.3, 0.4) is 0 Å². The highest BCUT2D eigenvalue weighted by Crippen LogP contribution is 2.15. The Morgan fingerprint density at radius 3 is 1.04 bits per heavy atom. The SMILES string of the molecule is CCCC/C=C\CCCCCCC(=O)OCC(COC(=O)CCCCCCCCCCCCCC)OC(=O)CCCCCCCCCCCCC. The maximum Gasteiger partial charge on any atom is 0.306 e. The zero-order valence-electron chi connectivity index (χ0n) is 34.1. The lowest BCUT2D eigenvalue weighted by atomic mass is 10.0. The number of hydrogen-bond acceptors (Lipinski definition) is 6. The van der Waals surface area contributed by atoms with E-state index in [0.29, 0.717) is 19.3 Å². The predicted molar refractivity (Wildman–Crippen MR) is 215 cm³/mol. The maximum absolute atomic E-state index is 12.7. The van der Waals surface area contributed by atoms with E-state index in [1.165, 1.54) is 122 Å². The van der Waals surface area contributed by atoms with Gasteiger partial charge in [-0.3, -0.25) is 14.4 Å². The summed E-state index contributed by atoms with van der Waals surface area (Å²) in [6, 6.07) is 0. The number of allylic oxidation sites excluding steroid dienone is 2. The van der Waals surface area contributed by atoms with Crippen molar-refractivity contribution in [3.05, 3.63) is 12.2 Å². The highest BCUT2D eigenvalue weighted by atomic mass is 16.6. The van der Waals surface area contributed by atoms with E-state index < -0.39 is 6.10 Å². The van der Waals surface area contributed by atoms with Crippen molar-refractivity contribution in [1.82, 2.24) is 0 Å². The third-order valence-electron chi connectivity index (χ3n) is 9.77. The fourth-order valence-electron chi connectivity index (χ4n) is 6.36. The van der Waals surface area contributed by atoms with Crippen molar-refractivity contribution in [2.45, 2.75) is 245 Å². The van der Waals surface area contributed by atoms with E-state index in [1.807, 2.05) is 0 Å². The lowest BCUT2D eigenvalue weighted by Crippen LogP contribution is -2.30. The fraction of sp³-hybridized carbons (Fsp3) is 0.889. The van der Waals surface area contributed by atoms with E-state index in [4.69, 9.17) is 14.2 Å². The summed E-state index contributed by atoms with van der Waals surface area (Å²) in [4.78, 5) is 37.6. The van der Waals surface area contributed by atoms with Crippen molar-refractivity contribution in [3.8, 4) is 0 Å². The van der Waals surface area contributed by atoms with Gasteiger partial charge in [-0.2, -0.15) is 0 Å². The number of carbonyl (C=O) groups is 3. The molecule has 0 heterocycles. The summed E-state index contributed by atoms with van der Waals surface area (Å²) < 4.78 is 16.7. The van der Waals surface area contributed by atoms with Crippen LogP contribution in [0.15, 0.2) is 12.2 Å². The predicted octanol–water partition coefficient (Wildman–Crippen LogP) is 13.9. The number of hydrogen-bond donors (Lipinski definition) is 0. The van der Waals surface area contributed by atoms with Crippen LogP contribution in [-0.4, -0.2) is 37.2 Å². The molecule has 0 rings (SSSR count). The summed E-state index contributed by atoms with van der Waals surface area (Å²) in [7, 11) is 0. The summed E-state index contributed by atoms with van der Waals surface area (Å²) in [5.74, 6) is -0.878. The Hall–Kier alpha value is -1.85. The molecule has 51 heavy (non-hydrogen) atoms. The van der Waals surface area contributed by atoms with Gasteiger partial charge in [0, 0.05) is 19.3 Å². The van der Waals surface area contributed by atoms with Gasteiger partial charge in [-0.25, -0.2) is 0 Å². The zero-order chi connectivity index (χ0) is 37.3. The van der Waals surface area contributed by atoms with Crippen LogP contribution in [0.1, 0.15) is 239 Å². The highest BCUT2D eigenvalue weighted by Gasteiger charge is 2.19. The molecule has 0 aliphatic carbocycles. The van der Waals surface area contributed by atoms with Crippen LogP contribution >= 0.6 is 0 Å². The average Bonchev–Trinajstić information content (AvgIpc) is 3.12. The molecule has 0 amide bonds. The highest BCUT2D eigenvalue weighted by molar-refractivity contribution is 5.71. The average molecular weight is 721 g/mol. The van der Waals surface area contributed by atoms with Crippen LogP contribution in [0.4, 0.5) is 0 Å². The molecular formula is C45H84O6. The molecule has 0 aliphatic rings. The standard InChI is InChI=1S/C45H84O6/c1-4-7-10-13-16-19-22-24-26-29-32-35-38-44(47)50-41-42(40-49-43(46)37-34-31-28-25-21-18-15-12-9-6-3)51-45(48)39-36-33-30-27-23-20-17-14-11-8-5-2/h15,18,42H,4-14,16-17,19-41H2,1-3H3/b18-15-. The molecule has 1 atom stereocenters. The smallest absolute Gasteiger partial charge is 0.306 e. The molecule has 0 aromatic carbocycles. The van der Waals surface area contributed by atoms with Crippen molar-refractivity contribution in [1.29, 1.82) is 0 Å².